The van der Waals surface area contributed by atoms with Crippen LogP contribution in [0.5, 0.6) is 0 Å². The normalized spacial score (nSPS) is 26.3. The van der Waals surface area contributed by atoms with Crippen LogP contribution in [0, 0.1) is 0 Å². The van der Waals surface area contributed by atoms with Crippen molar-refractivity contribution in [1.29, 1.82) is 0 Å². The fourth-order valence-electron chi connectivity index (χ4n) is 2.55. The number of sulfonamides is 1. The Morgan fingerprint density at radius 3 is 2.38 bits per heavy atom. The van der Waals surface area contributed by atoms with Crippen molar-refractivity contribution in [3.05, 3.63) is 29.8 Å². The third-order valence-electron chi connectivity index (χ3n) is 4.02. The summed E-state index contributed by atoms with van der Waals surface area (Å²) in [7, 11) is -3.54. The van der Waals surface area contributed by atoms with Crippen LogP contribution in [0.1, 0.15) is 44.8 Å². The van der Waals surface area contributed by atoms with Crippen LogP contribution in [0.3, 0.4) is 0 Å². The largest absolute Gasteiger partial charge is 0.390 e. The van der Waals surface area contributed by atoms with E-state index >= 15 is 0 Å². The molecule has 2 unspecified atom stereocenters. The SMILES string of the molecule is CC(O)c1ccc(S(=O)(=O)N2CCCC(C)(O)CC2)cc1. The molecule has 1 aromatic rings. The first-order valence-electron chi connectivity index (χ1n) is 7.23. The van der Waals surface area contributed by atoms with E-state index in [1.165, 1.54) is 16.4 Å². The minimum atomic E-state index is -3.54. The minimum absolute atomic E-state index is 0.230. The standard InChI is InChI=1S/C15H23NO4S/c1-12(17)13-4-6-14(7-5-13)21(19,20)16-10-3-8-15(2,18)9-11-16/h4-7,12,17-18H,3,8-11H2,1-2H3. The second kappa shape index (κ2) is 6.04. The summed E-state index contributed by atoms with van der Waals surface area (Å²) in [6.45, 7) is 4.14. The van der Waals surface area contributed by atoms with Crippen LogP contribution in [0.15, 0.2) is 29.2 Å². The van der Waals surface area contributed by atoms with Gasteiger partial charge in [-0.2, -0.15) is 4.31 Å². The highest BCUT2D eigenvalue weighted by atomic mass is 32.2. The summed E-state index contributed by atoms with van der Waals surface area (Å²) >= 11 is 0. The molecule has 1 fully saturated rings. The molecule has 0 radical (unpaired) electrons. The van der Waals surface area contributed by atoms with Gasteiger partial charge in [0, 0.05) is 13.1 Å². The molecule has 118 valence electrons. The number of benzene rings is 1. The molecule has 0 aliphatic carbocycles. The Balaban J connectivity index is 2.21. The lowest BCUT2D eigenvalue weighted by Gasteiger charge is -2.22. The van der Waals surface area contributed by atoms with Crippen LogP contribution in [-0.4, -0.2) is 41.6 Å². The third kappa shape index (κ3) is 3.83. The van der Waals surface area contributed by atoms with Gasteiger partial charge in [0.15, 0.2) is 0 Å². The van der Waals surface area contributed by atoms with Crippen LogP contribution < -0.4 is 0 Å². The molecule has 1 aliphatic heterocycles. The Labute approximate surface area is 126 Å². The van der Waals surface area contributed by atoms with Crippen LogP contribution in [-0.2, 0) is 10.0 Å². The molecule has 0 aromatic heterocycles. The van der Waals surface area contributed by atoms with Crippen molar-refractivity contribution in [3.8, 4) is 0 Å². The quantitative estimate of drug-likeness (QED) is 0.890. The van der Waals surface area contributed by atoms with Crippen molar-refractivity contribution in [2.75, 3.05) is 13.1 Å². The van der Waals surface area contributed by atoms with Gasteiger partial charge in [0.05, 0.1) is 16.6 Å². The summed E-state index contributed by atoms with van der Waals surface area (Å²) in [4.78, 5) is 0.230. The van der Waals surface area contributed by atoms with Gasteiger partial charge in [-0.05, 0) is 50.8 Å². The first-order chi connectivity index (χ1) is 9.72. The van der Waals surface area contributed by atoms with E-state index in [4.69, 9.17) is 0 Å². The van der Waals surface area contributed by atoms with E-state index in [2.05, 4.69) is 0 Å². The average Bonchev–Trinajstić information content (AvgIpc) is 2.60. The number of aliphatic hydroxyl groups excluding tert-OH is 1. The zero-order valence-corrected chi connectivity index (χ0v) is 13.3. The topological polar surface area (TPSA) is 77.8 Å². The molecule has 0 amide bonds. The molecule has 2 N–H and O–H groups in total. The third-order valence-corrected chi connectivity index (χ3v) is 5.94. The molecular weight excluding hydrogens is 290 g/mol. The van der Waals surface area contributed by atoms with E-state index in [-0.39, 0.29) is 4.90 Å². The predicted molar refractivity (Wildman–Crippen MR) is 80.3 cm³/mol. The van der Waals surface area contributed by atoms with Crippen molar-refractivity contribution in [1.82, 2.24) is 4.31 Å². The monoisotopic (exact) mass is 313 g/mol. The first kappa shape index (κ1) is 16.4. The van der Waals surface area contributed by atoms with Gasteiger partial charge >= 0.3 is 0 Å². The summed E-state index contributed by atoms with van der Waals surface area (Å²) in [5.74, 6) is 0. The minimum Gasteiger partial charge on any atom is -0.390 e. The number of hydrogen-bond donors (Lipinski definition) is 2. The van der Waals surface area contributed by atoms with Gasteiger partial charge in [-0.15, -0.1) is 0 Å². The molecule has 0 saturated carbocycles. The van der Waals surface area contributed by atoms with E-state index in [0.29, 0.717) is 37.9 Å². The second-order valence-corrected chi connectivity index (χ2v) is 7.94. The summed E-state index contributed by atoms with van der Waals surface area (Å²) in [6.07, 6.45) is 1.09. The Bertz CT molecular complexity index is 578. The Kier molecular flexibility index (Phi) is 4.72. The van der Waals surface area contributed by atoms with Gasteiger partial charge in [0.2, 0.25) is 10.0 Å². The molecule has 2 rings (SSSR count). The molecule has 2 atom stereocenters. The molecule has 1 aliphatic rings. The van der Waals surface area contributed by atoms with Gasteiger partial charge in [-0.1, -0.05) is 12.1 Å². The van der Waals surface area contributed by atoms with Gasteiger partial charge in [-0.3, -0.25) is 0 Å². The Morgan fingerprint density at radius 2 is 1.81 bits per heavy atom. The molecule has 0 bridgehead atoms. The summed E-state index contributed by atoms with van der Waals surface area (Å²) in [6, 6.07) is 6.32. The maximum Gasteiger partial charge on any atom is 0.243 e. The summed E-state index contributed by atoms with van der Waals surface area (Å²) < 4.78 is 26.7. The number of hydrogen-bond acceptors (Lipinski definition) is 4. The van der Waals surface area contributed by atoms with E-state index in [1.807, 2.05) is 0 Å². The first-order valence-corrected chi connectivity index (χ1v) is 8.67. The fraction of sp³-hybridized carbons (Fsp3) is 0.600. The average molecular weight is 313 g/mol. The van der Waals surface area contributed by atoms with Gasteiger partial charge in [-0.25, -0.2) is 8.42 Å². The van der Waals surface area contributed by atoms with Crippen LogP contribution in [0.2, 0.25) is 0 Å². The maximum absolute atomic E-state index is 12.6. The Hall–Kier alpha value is -0.950. The van der Waals surface area contributed by atoms with Crippen molar-refractivity contribution in [2.24, 2.45) is 0 Å². The zero-order chi connectivity index (χ0) is 15.7. The van der Waals surface area contributed by atoms with Crippen molar-refractivity contribution >= 4 is 10.0 Å². The Morgan fingerprint density at radius 1 is 1.19 bits per heavy atom. The van der Waals surface area contributed by atoms with E-state index in [1.54, 1.807) is 26.0 Å². The molecule has 0 spiro atoms. The lowest BCUT2D eigenvalue weighted by atomic mass is 9.98. The highest BCUT2D eigenvalue weighted by Crippen LogP contribution is 2.26. The molecular formula is C15H23NO4S. The molecule has 21 heavy (non-hydrogen) atoms. The van der Waals surface area contributed by atoms with Gasteiger partial charge in [0.25, 0.3) is 0 Å². The number of aliphatic hydroxyl groups is 2. The van der Waals surface area contributed by atoms with Crippen LogP contribution in [0.25, 0.3) is 0 Å². The predicted octanol–water partition coefficient (Wildman–Crippen LogP) is 1.67. The fourth-order valence-corrected chi connectivity index (χ4v) is 4.03. The summed E-state index contributed by atoms with van der Waals surface area (Å²) in [5, 5.41) is 19.5. The van der Waals surface area contributed by atoms with E-state index < -0.39 is 21.7 Å². The van der Waals surface area contributed by atoms with Crippen LogP contribution in [0.4, 0.5) is 0 Å². The van der Waals surface area contributed by atoms with E-state index in [0.717, 1.165) is 0 Å². The summed E-state index contributed by atoms with van der Waals surface area (Å²) in [5.41, 5.74) is -0.103. The second-order valence-electron chi connectivity index (χ2n) is 6.00. The molecule has 1 aromatic carbocycles. The van der Waals surface area contributed by atoms with Crippen LogP contribution >= 0.6 is 0 Å². The highest BCUT2D eigenvalue weighted by molar-refractivity contribution is 7.89. The van der Waals surface area contributed by atoms with E-state index in [9.17, 15) is 18.6 Å². The molecule has 1 saturated heterocycles. The van der Waals surface area contributed by atoms with Gasteiger partial charge < -0.3 is 10.2 Å². The smallest absolute Gasteiger partial charge is 0.243 e. The van der Waals surface area contributed by atoms with Crippen molar-refractivity contribution in [3.63, 3.8) is 0 Å². The molecule has 1 heterocycles. The van der Waals surface area contributed by atoms with Crippen molar-refractivity contribution in [2.45, 2.75) is 49.7 Å². The molecule has 5 nitrogen and oxygen atoms in total. The number of nitrogens with zero attached hydrogens (tertiary/aromatic N) is 1. The lowest BCUT2D eigenvalue weighted by molar-refractivity contribution is 0.0465. The maximum atomic E-state index is 12.6. The van der Waals surface area contributed by atoms with Crippen molar-refractivity contribution < 1.29 is 18.6 Å². The molecule has 6 heteroatoms. The zero-order valence-electron chi connectivity index (χ0n) is 12.5. The highest BCUT2D eigenvalue weighted by Gasteiger charge is 2.31. The van der Waals surface area contributed by atoms with Gasteiger partial charge in [0.1, 0.15) is 0 Å². The number of rotatable bonds is 3. The lowest BCUT2D eigenvalue weighted by Crippen LogP contribution is -2.33.